The first-order valence-corrected chi connectivity index (χ1v) is 7.58. The van der Waals surface area contributed by atoms with Gasteiger partial charge in [0.1, 0.15) is 5.82 Å². The Bertz CT molecular complexity index is 599. The molecule has 0 fully saturated rings. The number of aliphatic imine (C=N–C) groups is 1. The summed E-state index contributed by atoms with van der Waals surface area (Å²) in [6, 6.07) is 16.5. The van der Waals surface area contributed by atoms with Crippen LogP contribution in [0.2, 0.25) is 0 Å². The number of ether oxygens (including phenoxy) is 1. The number of hydrogen-bond donors (Lipinski definition) is 2. The zero-order valence-corrected chi connectivity index (χ0v) is 13.3. The van der Waals surface area contributed by atoms with Gasteiger partial charge >= 0.3 is 0 Å². The van der Waals surface area contributed by atoms with Crippen LogP contribution in [0.4, 0.5) is 4.39 Å². The Morgan fingerprint density at radius 3 is 2.43 bits per heavy atom. The molecular formula is C18H22FN3O. The summed E-state index contributed by atoms with van der Waals surface area (Å²) in [5.74, 6) is 0.462. The van der Waals surface area contributed by atoms with Crippen molar-refractivity contribution in [2.24, 2.45) is 4.99 Å². The molecule has 122 valence electrons. The molecule has 0 aliphatic heterocycles. The minimum atomic E-state index is -0.230. The lowest BCUT2D eigenvalue weighted by Crippen LogP contribution is -2.38. The van der Waals surface area contributed by atoms with Gasteiger partial charge in [-0.2, -0.15) is 0 Å². The molecule has 0 unspecified atom stereocenters. The molecule has 2 aromatic carbocycles. The first-order valence-electron chi connectivity index (χ1n) is 7.58. The molecule has 5 heteroatoms. The average Bonchev–Trinajstić information content (AvgIpc) is 2.59. The van der Waals surface area contributed by atoms with Gasteiger partial charge in [-0.15, -0.1) is 0 Å². The Kier molecular flexibility index (Phi) is 7.07. The summed E-state index contributed by atoms with van der Waals surface area (Å²) in [5.41, 5.74) is 2.15. The van der Waals surface area contributed by atoms with Crippen LogP contribution in [0.5, 0.6) is 0 Å². The van der Waals surface area contributed by atoms with Crippen LogP contribution in [-0.4, -0.2) is 26.2 Å². The summed E-state index contributed by atoms with van der Waals surface area (Å²) in [6.45, 7) is 2.44. The van der Waals surface area contributed by atoms with E-state index in [9.17, 15) is 4.39 Å². The summed E-state index contributed by atoms with van der Waals surface area (Å²) < 4.78 is 18.4. The molecule has 0 aliphatic rings. The fourth-order valence-electron chi connectivity index (χ4n) is 2.01. The lowest BCUT2D eigenvalue weighted by molar-refractivity contribution is 0.125. The van der Waals surface area contributed by atoms with Gasteiger partial charge < -0.3 is 15.4 Å². The van der Waals surface area contributed by atoms with Crippen molar-refractivity contribution in [2.75, 3.05) is 20.2 Å². The molecule has 0 amide bonds. The number of nitrogens with zero attached hydrogens (tertiary/aromatic N) is 1. The normalized spacial score (nSPS) is 11.3. The van der Waals surface area contributed by atoms with Crippen molar-refractivity contribution < 1.29 is 9.13 Å². The number of hydrogen-bond acceptors (Lipinski definition) is 2. The second-order valence-corrected chi connectivity index (χ2v) is 5.02. The predicted molar refractivity (Wildman–Crippen MR) is 90.7 cm³/mol. The second kappa shape index (κ2) is 9.58. The van der Waals surface area contributed by atoms with Gasteiger partial charge in [-0.25, -0.2) is 4.39 Å². The Labute approximate surface area is 136 Å². The Hall–Kier alpha value is -2.40. The molecular weight excluding hydrogens is 293 g/mol. The fourth-order valence-corrected chi connectivity index (χ4v) is 2.01. The third kappa shape index (κ3) is 6.48. The number of nitrogens with one attached hydrogen (secondary N) is 2. The summed E-state index contributed by atoms with van der Waals surface area (Å²) in [4.78, 5) is 4.14. The molecule has 0 aromatic heterocycles. The Balaban J connectivity index is 1.62. The topological polar surface area (TPSA) is 45.7 Å². The molecule has 0 saturated heterocycles. The van der Waals surface area contributed by atoms with E-state index in [1.807, 2.05) is 30.3 Å². The van der Waals surface area contributed by atoms with Gasteiger partial charge in [-0.1, -0.05) is 42.5 Å². The van der Waals surface area contributed by atoms with E-state index in [4.69, 9.17) is 4.74 Å². The van der Waals surface area contributed by atoms with E-state index >= 15 is 0 Å². The maximum absolute atomic E-state index is 12.8. The maximum Gasteiger partial charge on any atom is 0.191 e. The largest absolute Gasteiger partial charge is 0.375 e. The molecule has 0 atom stereocenters. The highest BCUT2D eigenvalue weighted by atomic mass is 19.1. The van der Waals surface area contributed by atoms with E-state index in [1.54, 1.807) is 19.2 Å². The monoisotopic (exact) mass is 315 g/mol. The van der Waals surface area contributed by atoms with E-state index in [1.165, 1.54) is 12.1 Å². The van der Waals surface area contributed by atoms with Gasteiger partial charge in [0.05, 0.1) is 13.2 Å². The van der Waals surface area contributed by atoms with Crippen LogP contribution >= 0.6 is 0 Å². The van der Waals surface area contributed by atoms with Crippen LogP contribution in [0.3, 0.4) is 0 Å². The molecule has 0 aliphatic carbocycles. The molecule has 0 heterocycles. The average molecular weight is 315 g/mol. The van der Waals surface area contributed by atoms with Crippen LogP contribution in [0, 0.1) is 5.82 Å². The van der Waals surface area contributed by atoms with E-state index in [0.29, 0.717) is 32.3 Å². The van der Waals surface area contributed by atoms with Gasteiger partial charge in [0, 0.05) is 20.1 Å². The minimum absolute atomic E-state index is 0.230. The highest BCUT2D eigenvalue weighted by Crippen LogP contribution is 2.02. The van der Waals surface area contributed by atoms with Crippen LogP contribution in [0.25, 0.3) is 0 Å². The summed E-state index contributed by atoms with van der Waals surface area (Å²) >= 11 is 0. The molecule has 4 nitrogen and oxygen atoms in total. The second-order valence-electron chi connectivity index (χ2n) is 5.02. The Morgan fingerprint density at radius 2 is 1.74 bits per heavy atom. The molecule has 23 heavy (non-hydrogen) atoms. The highest BCUT2D eigenvalue weighted by molar-refractivity contribution is 5.79. The van der Waals surface area contributed by atoms with Crippen molar-refractivity contribution in [1.29, 1.82) is 0 Å². The number of halogens is 1. The zero-order valence-electron chi connectivity index (χ0n) is 13.3. The van der Waals surface area contributed by atoms with Crippen molar-refractivity contribution >= 4 is 5.96 Å². The highest BCUT2D eigenvalue weighted by Gasteiger charge is 1.99. The molecule has 0 radical (unpaired) electrons. The third-order valence-corrected chi connectivity index (χ3v) is 3.25. The van der Waals surface area contributed by atoms with Crippen molar-refractivity contribution in [3.63, 3.8) is 0 Å². The van der Waals surface area contributed by atoms with E-state index < -0.39 is 0 Å². The maximum atomic E-state index is 12.8. The number of benzene rings is 2. The van der Waals surface area contributed by atoms with Crippen LogP contribution in [0.15, 0.2) is 59.6 Å². The summed E-state index contributed by atoms with van der Waals surface area (Å²) in [5, 5.41) is 6.35. The molecule has 2 N–H and O–H groups in total. The number of rotatable bonds is 7. The summed E-state index contributed by atoms with van der Waals surface area (Å²) in [6.07, 6.45) is 0. The van der Waals surface area contributed by atoms with Crippen molar-refractivity contribution in [3.8, 4) is 0 Å². The van der Waals surface area contributed by atoms with Gasteiger partial charge in [0.2, 0.25) is 0 Å². The first-order chi connectivity index (χ1) is 11.3. The molecule has 2 aromatic rings. The Morgan fingerprint density at radius 1 is 1.00 bits per heavy atom. The standard InChI is InChI=1S/C18H22FN3O/c1-20-18(22-13-15-7-9-17(19)10-8-15)21-11-12-23-14-16-5-3-2-4-6-16/h2-10H,11-14H2,1H3,(H2,20,21,22). The molecule has 2 rings (SSSR count). The van der Waals surface area contributed by atoms with Gasteiger partial charge in [-0.3, -0.25) is 4.99 Å². The van der Waals surface area contributed by atoms with Crippen LogP contribution in [-0.2, 0) is 17.9 Å². The summed E-state index contributed by atoms with van der Waals surface area (Å²) in [7, 11) is 1.71. The SMILES string of the molecule is CN=C(NCCOCc1ccccc1)NCc1ccc(F)cc1. The lowest BCUT2D eigenvalue weighted by Gasteiger charge is -2.12. The lowest BCUT2D eigenvalue weighted by atomic mass is 10.2. The van der Waals surface area contributed by atoms with Crippen molar-refractivity contribution in [2.45, 2.75) is 13.2 Å². The fraction of sp³-hybridized carbons (Fsp3) is 0.278. The van der Waals surface area contributed by atoms with Crippen LogP contribution < -0.4 is 10.6 Å². The molecule has 0 spiro atoms. The minimum Gasteiger partial charge on any atom is -0.375 e. The van der Waals surface area contributed by atoms with Crippen LogP contribution in [0.1, 0.15) is 11.1 Å². The molecule has 0 saturated carbocycles. The van der Waals surface area contributed by atoms with E-state index in [2.05, 4.69) is 15.6 Å². The quantitative estimate of drug-likeness (QED) is 0.469. The molecule has 0 bridgehead atoms. The zero-order chi connectivity index (χ0) is 16.3. The van der Waals surface area contributed by atoms with Crippen molar-refractivity contribution in [3.05, 3.63) is 71.5 Å². The predicted octanol–water partition coefficient (Wildman–Crippen LogP) is 2.71. The van der Waals surface area contributed by atoms with Gasteiger partial charge in [0.25, 0.3) is 0 Å². The van der Waals surface area contributed by atoms with Crippen molar-refractivity contribution in [1.82, 2.24) is 10.6 Å². The third-order valence-electron chi connectivity index (χ3n) is 3.25. The van der Waals surface area contributed by atoms with Gasteiger partial charge in [-0.05, 0) is 23.3 Å². The first kappa shape index (κ1) is 17.0. The number of guanidine groups is 1. The smallest absolute Gasteiger partial charge is 0.191 e. The van der Waals surface area contributed by atoms with E-state index in [0.717, 1.165) is 11.1 Å². The van der Waals surface area contributed by atoms with E-state index in [-0.39, 0.29) is 5.82 Å². The van der Waals surface area contributed by atoms with Gasteiger partial charge in [0.15, 0.2) is 5.96 Å².